The van der Waals surface area contributed by atoms with Crippen molar-refractivity contribution in [3.63, 3.8) is 0 Å². The molecule has 0 aromatic carbocycles. The number of rotatable bonds is 5. The Morgan fingerprint density at radius 3 is 2.50 bits per heavy atom. The normalized spacial score (nSPS) is 12.0. The maximum Gasteiger partial charge on any atom is 0.0855 e. The van der Waals surface area contributed by atoms with Crippen LogP contribution in [0.3, 0.4) is 0 Å². The largest absolute Gasteiger partial charge is 0.382 e. The van der Waals surface area contributed by atoms with Gasteiger partial charge in [-0.2, -0.15) is 5.10 Å². The summed E-state index contributed by atoms with van der Waals surface area (Å²) in [5.74, 6) is 0. The highest BCUT2D eigenvalue weighted by Gasteiger charge is 2.28. The molecule has 1 rings (SSSR count). The van der Waals surface area contributed by atoms with Crippen LogP contribution >= 0.6 is 15.9 Å². The number of methoxy groups -OCH3 is 1. The molecule has 0 saturated heterocycles. The van der Waals surface area contributed by atoms with Crippen molar-refractivity contribution in [1.82, 2.24) is 9.78 Å². The molecule has 0 amide bonds. The Hall–Kier alpha value is -0.350. The molecule has 1 aromatic rings. The summed E-state index contributed by atoms with van der Waals surface area (Å²) in [6, 6.07) is 0. The maximum atomic E-state index is 5.28. The molecule has 0 radical (unpaired) electrons. The van der Waals surface area contributed by atoms with Crippen molar-refractivity contribution in [1.29, 1.82) is 0 Å². The highest BCUT2D eigenvalue weighted by atomic mass is 79.9. The molecule has 0 atom stereocenters. The number of hydrogen-bond donors (Lipinski definition) is 0. The van der Waals surface area contributed by atoms with Crippen LogP contribution < -0.4 is 0 Å². The molecule has 0 N–H and O–H groups in total. The fourth-order valence-electron chi connectivity index (χ4n) is 1.67. The Morgan fingerprint density at radius 2 is 2.14 bits per heavy atom. The lowest BCUT2D eigenvalue weighted by Crippen LogP contribution is -2.37. The summed E-state index contributed by atoms with van der Waals surface area (Å²) < 4.78 is 8.29. The average Bonchev–Trinajstić information content (AvgIpc) is 2.62. The first-order valence-corrected chi connectivity index (χ1v) is 5.67. The van der Waals surface area contributed by atoms with Crippen LogP contribution in [0.1, 0.15) is 26.7 Å². The number of aromatic nitrogens is 2. The summed E-state index contributed by atoms with van der Waals surface area (Å²) in [6.07, 6.45) is 5.86. The Balaban J connectivity index is 2.97. The Kier molecular flexibility index (Phi) is 4.13. The Labute approximate surface area is 93.6 Å². The minimum absolute atomic E-state index is 0.000764. The molecule has 0 aliphatic heterocycles. The van der Waals surface area contributed by atoms with E-state index in [0.29, 0.717) is 6.61 Å². The predicted octanol–water partition coefficient (Wildman–Crippen LogP) is 2.81. The second-order valence-corrected chi connectivity index (χ2v) is 4.38. The van der Waals surface area contributed by atoms with Crippen molar-refractivity contribution in [3.8, 4) is 0 Å². The van der Waals surface area contributed by atoms with Gasteiger partial charge in [0.1, 0.15) is 0 Å². The van der Waals surface area contributed by atoms with Gasteiger partial charge in [0.25, 0.3) is 0 Å². The zero-order valence-electron chi connectivity index (χ0n) is 8.96. The molecule has 80 valence electrons. The lowest BCUT2D eigenvalue weighted by molar-refractivity contribution is 0.0700. The van der Waals surface area contributed by atoms with Crippen molar-refractivity contribution in [2.45, 2.75) is 32.2 Å². The van der Waals surface area contributed by atoms with Crippen LogP contribution in [0.4, 0.5) is 0 Å². The maximum absolute atomic E-state index is 5.28. The van der Waals surface area contributed by atoms with Gasteiger partial charge in [0.15, 0.2) is 0 Å². The van der Waals surface area contributed by atoms with E-state index >= 15 is 0 Å². The second-order valence-electron chi connectivity index (χ2n) is 3.47. The van der Waals surface area contributed by atoms with Crippen LogP contribution in [0.25, 0.3) is 0 Å². The highest BCUT2D eigenvalue weighted by molar-refractivity contribution is 9.10. The molecule has 0 fully saturated rings. The monoisotopic (exact) mass is 260 g/mol. The lowest BCUT2D eigenvalue weighted by Gasteiger charge is -2.31. The highest BCUT2D eigenvalue weighted by Crippen LogP contribution is 2.26. The third kappa shape index (κ3) is 2.17. The van der Waals surface area contributed by atoms with Crippen LogP contribution in [0.5, 0.6) is 0 Å². The molecule has 4 heteroatoms. The van der Waals surface area contributed by atoms with Gasteiger partial charge in [-0.3, -0.25) is 4.68 Å². The zero-order valence-corrected chi connectivity index (χ0v) is 10.5. The molecule has 0 spiro atoms. The summed E-state index contributed by atoms with van der Waals surface area (Å²) in [5.41, 5.74) is 0.000764. The van der Waals surface area contributed by atoms with E-state index in [9.17, 15) is 0 Å². The quantitative estimate of drug-likeness (QED) is 0.814. The van der Waals surface area contributed by atoms with Gasteiger partial charge < -0.3 is 4.74 Å². The first kappa shape index (κ1) is 11.7. The Bertz CT molecular complexity index is 281. The molecule has 1 heterocycles. The summed E-state index contributed by atoms with van der Waals surface area (Å²) in [6.45, 7) is 5.03. The van der Waals surface area contributed by atoms with Crippen LogP contribution in [-0.2, 0) is 10.3 Å². The van der Waals surface area contributed by atoms with Gasteiger partial charge in [0.05, 0.1) is 22.8 Å². The topological polar surface area (TPSA) is 27.1 Å². The van der Waals surface area contributed by atoms with Crippen LogP contribution in [0.15, 0.2) is 16.9 Å². The van der Waals surface area contributed by atoms with E-state index in [0.717, 1.165) is 17.3 Å². The van der Waals surface area contributed by atoms with Gasteiger partial charge in [0.2, 0.25) is 0 Å². The summed E-state index contributed by atoms with van der Waals surface area (Å²) >= 11 is 3.41. The van der Waals surface area contributed by atoms with Gasteiger partial charge in [0, 0.05) is 13.3 Å². The summed E-state index contributed by atoms with van der Waals surface area (Å²) in [7, 11) is 1.73. The van der Waals surface area contributed by atoms with Crippen molar-refractivity contribution < 1.29 is 4.74 Å². The van der Waals surface area contributed by atoms with Gasteiger partial charge in [-0.25, -0.2) is 0 Å². The second kappa shape index (κ2) is 4.94. The Morgan fingerprint density at radius 1 is 1.50 bits per heavy atom. The average molecular weight is 261 g/mol. The van der Waals surface area contributed by atoms with E-state index in [1.807, 2.05) is 17.1 Å². The van der Waals surface area contributed by atoms with E-state index < -0.39 is 0 Å². The minimum atomic E-state index is 0.000764. The van der Waals surface area contributed by atoms with E-state index in [4.69, 9.17) is 4.74 Å². The van der Waals surface area contributed by atoms with Crippen molar-refractivity contribution in [2.75, 3.05) is 13.7 Å². The van der Waals surface area contributed by atoms with Gasteiger partial charge >= 0.3 is 0 Å². The predicted molar refractivity (Wildman–Crippen MR) is 60.4 cm³/mol. The molecule has 0 aliphatic rings. The molecule has 0 saturated carbocycles. The van der Waals surface area contributed by atoms with Crippen LogP contribution in [-0.4, -0.2) is 23.5 Å². The third-order valence-electron chi connectivity index (χ3n) is 2.77. The van der Waals surface area contributed by atoms with E-state index in [1.165, 1.54) is 0 Å². The first-order chi connectivity index (χ1) is 6.68. The van der Waals surface area contributed by atoms with Crippen molar-refractivity contribution in [3.05, 3.63) is 16.9 Å². The van der Waals surface area contributed by atoms with Gasteiger partial charge in [-0.05, 0) is 28.8 Å². The summed E-state index contributed by atoms with van der Waals surface area (Å²) in [4.78, 5) is 0. The molecule has 0 aliphatic carbocycles. The smallest absolute Gasteiger partial charge is 0.0855 e. The minimum Gasteiger partial charge on any atom is -0.382 e. The molecule has 1 aromatic heterocycles. The van der Waals surface area contributed by atoms with E-state index in [1.54, 1.807) is 7.11 Å². The molecule has 0 bridgehead atoms. The molecular formula is C10H17BrN2O. The number of nitrogens with zero attached hydrogens (tertiary/aromatic N) is 2. The SMILES string of the molecule is CCC(CC)(COC)n1cc(Br)cn1. The van der Waals surface area contributed by atoms with E-state index in [2.05, 4.69) is 34.9 Å². The fraction of sp³-hybridized carbons (Fsp3) is 0.700. The van der Waals surface area contributed by atoms with Crippen molar-refractivity contribution >= 4 is 15.9 Å². The van der Waals surface area contributed by atoms with Crippen LogP contribution in [0, 0.1) is 0 Å². The number of hydrogen-bond acceptors (Lipinski definition) is 2. The van der Waals surface area contributed by atoms with Crippen molar-refractivity contribution in [2.24, 2.45) is 0 Å². The molecular weight excluding hydrogens is 244 g/mol. The van der Waals surface area contributed by atoms with Gasteiger partial charge in [-0.1, -0.05) is 13.8 Å². The zero-order chi connectivity index (χ0) is 10.6. The first-order valence-electron chi connectivity index (χ1n) is 4.88. The fourth-order valence-corrected chi connectivity index (χ4v) is 1.96. The third-order valence-corrected chi connectivity index (χ3v) is 3.18. The molecule has 0 unspecified atom stereocenters. The van der Waals surface area contributed by atoms with Crippen LogP contribution in [0.2, 0.25) is 0 Å². The number of ether oxygens (including phenoxy) is 1. The lowest BCUT2D eigenvalue weighted by atomic mass is 9.94. The van der Waals surface area contributed by atoms with Gasteiger partial charge in [-0.15, -0.1) is 0 Å². The number of halogens is 1. The molecule has 3 nitrogen and oxygen atoms in total. The van der Waals surface area contributed by atoms with E-state index in [-0.39, 0.29) is 5.54 Å². The standard InChI is InChI=1S/C10H17BrN2O/c1-4-10(5-2,8-14-3)13-7-9(11)6-12-13/h6-7H,4-5,8H2,1-3H3. The summed E-state index contributed by atoms with van der Waals surface area (Å²) in [5, 5.41) is 4.34. The molecule has 14 heavy (non-hydrogen) atoms.